The number of hydrogen-bond acceptors (Lipinski definition) is 2. The summed E-state index contributed by atoms with van der Waals surface area (Å²) in [7, 11) is 0. The van der Waals surface area contributed by atoms with Gasteiger partial charge < -0.3 is 9.84 Å². The van der Waals surface area contributed by atoms with Crippen LogP contribution >= 0.6 is 0 Å². The van der Waals surface area contributed by atoms with Crippen LogP contribution in [0.15, 0.2) is 0 Å². The Kier molecular flexibility index (Phi) is 4.42. The zero-order valence-corrected chi connectivity index (χ0v) is 13.2. The molecule has 3 atom stereocenters. The van der Waals surface area contributed by atoms with Crippen molar-refractivity contribution in [2.45, 2.75) is 95.2 Å². The number of aliphatic hydroxyl groups is 1. The Labute approximate surface area is 124 Å². The largest absolute Gasteiger partial charge is 0.390 e. The minimum absolute atomic E-state index is 0.134. The first-order valence-corrected chi connectivity index (χ1v) is 8.98. The van der Waals surface area contributed by atoms with E-state index in [1.54, 1.807) is 0 Å². The van der Waals surface area contributed by atoms with Crippen LogP contribution in [0.4, 0.5) is 0 Å². The molecular formula is C18H32O2. The van der Waals surface area contributed by atoms with Gasteiger partial charge in [-0.25, -0.2) is 0 Å². The lowest BCUT2D eigenvalue weighted by molar-refractivity contribution is -0.159. The Morgan fingerprint density at radius 1 is 0.900 bits per heavy atom. The van der Waals surface area contributed by atoms with Gasteiger partial charge in [0.05, 0.1) is 11.2 Å². The quantitative estimate of drug-likeness (QED) is 0.719. The van der Waals surface area contributed by atoms with E-state index in [9.17, 15) is 5.11 Å². The summed E-state index contributed by atoms with van der Waals surface area (Å²) < 4.78 is 6.21. The molecule has 20 heavy (non-hydrogen) atoms. The summed E-state index contributed by atoms with van der Waals surface area (Å²) in [5, 5.41) is 11.3. The van der Waals surface area contributed by atoms with Crippen LogP contribution in [-0.2, 0) is 4.74 Å². The Hall–Kier alpha value is -0.0800. The van der Waals surface area contributed by atoms with Crippen molar-refractivity contribution in [3.63, 3.8) is 0 Å². The fraction of sp³-hybridized carbons (Fsp3) is 1.00. The van der Waals surface area contributed by atoms with E-state index in [0.717, 1.165) is 38.2 Å². The molecule has 3 unspecified atom stereocenters. The van der Waals surface area contributed by atoms with Crippen molar-refractivity contribution >= 4 is 0 Å². The standard InChI is InChI=1S/C18H32O2/c1-15-6-5-11-18(19,12-7-15)16-8-13-20-17(14-16)9-3-2-4-10-17/h15-16,19H,2-14H2,1H3. The summed E-state index contributed by atoms with van der Waals surface area (Å²) in [6, 6.07) is 0. The average molecular weight is 280 g/mol. The summed E-state index contributed by atoms with van der Waals surface area (Å²) >= 11 is 0. The highest BCUT2D eigenvalue weighted by Gasteiger charge is 2.46. The molecule has 1 saturated heterocycles. The van der Waals surface area contributed by atoms with Gasteiger partial charge in [-0.1, -0.05) is 39.0 Å². The topological polar surface area (TPSA) is 29.5 Å². The van der Waals surface area contributed by atoms with Gasteiger partial charge in [-0.05, 0) is 56.8 Å². The summed E-state index contributed by atoms with van der Waals surface area (Å²) in [5.74, 6) is 1.28. The predicted molar refractivity (Wildman–Crippen MR) is 81.7 cm³/mol. The molecule has 116 valence electrons. The fourth-order valence-corrected chi connectivity index (χ4v) is 4.96. The van der Waals surface area contributed by atoms with Gasteiger partial charge in [0.15, 0.2) is 0 Å². The average Bonchev–Trinajstić information content (AvgIpc) is 2.63. The predicted octanol–water partition coefficient (Wildman–Crippen LogP) is 4.45. The smallest absolute Gasteiger partial charge is 0.0686 e. The van der Waals surface area contributed by atoms with Crippen LogP contribution in [-0.4, -0.2) is 22.9 Å². The van der Waals surface area contributed by atoms with E-state index in [2.05, 4.69) is 6.92 Å². The molecule has 0 amide bonds. The molecule has 3 aliphatic rings. The zero-order chi connectivity index (χ0) is 14.1. The lowest BCUT2D eigenvalue weighted by Gasteiger charge is -2.48. The highest BCUT2D eigenvalue weighted by Crippen LogP contribution is 2.47. The van der Waals surface area contributed by atoms with Crippen molar-refractivity contribution in [3.8, 4) is 0 Å². The van der Waals surface area contributed by atoms with E-state index >= 15 is 0 Å². The third-order valence-electron chi connectivity index (χ3n) is 6.39. The third-order valence-corrected chi connectivity index (χ3v) is 6.39. The molecule has 1 heterocycles. The van der Waals surface area contributed by atoms with Crippen LogP contribution in [0.3, 0.4) is 0 Å². The monoisotopic (exact) mass is 280 g/mol. The third kappa shape index (κ3) is 3.06. The van der Waals surface area contributed by atoms with Gasteiger partial charge >= 0.3 is 0 Å². The lowest BCUT2D eigenvalue weighted by atomic mass is 9.69. The van der Waals surface area contributed by atoms with E-state index in [1.165, 1.54) is 51.4 Å². The van der Waals surface area contributed by atoms with Gasteiger partial charge in [0.1, 0.15) is 0 Å². The summed E-state index contributed by atoms with van der Waals surface area (Å²) in [4.78, 5) is 0. The minimum Gasteiger partial charge on any atom is -0.390 e. The van der Waals surface area contributed by atoms with Gasteiger partial charge in [0.25, 0.3) is 0 Å². The Morgan fingerprint density at radius 2 is 1.70 bits per heavy atom. The Balaban J connectivity index is 1.69. The normalized spacial score (nSPS) is 42.3. The van der Waals surface area contributed by atoms with E-state index < -0.39 is 0 Å². The van der Waals surface area contributed by atoms with Crippen molar-refractivity contribution in [1.29, 1.82) is 0 Å². The van der Waals surface area contributed by atoms with Gasteiger partial charge in [0.2, 0.25) is 0 Å². The van der Waals surface area contributed by atoms with Crippen molar-refractivity contribution in [3.05, 3.63) is 0 Å². The molecule has 1 spiro atoms. The molecule has 2 nitrogen and oxygen atoms in total. The highest BCUT2D eigenvalue weighted by molar-refractivity contribution is 4.97. The molecule has 1 N–H and O–H groups in total. The Morgan fingerprint density at radius 3 is 2.50 bits per heavy atom. The molecule has 0 bridgehead atoms. The molecule has 3 rings (SSSR count). The molecule has 0 aromatic carbocycles. The molecule has 0 aromatic heterocycles. The van der Waals surface area contributed by atoms with Crippen LogP contribution in [0.1, 0.15) is 84.0 Å². The van der Waals surface area contributed by atoms with E-state index in [-0.39, 0.29) is 11.2 Å². The first kappa shape index (κ1) is 14.8. The van der Waals surface area contributed by atoms with Crippen molar-refractivity contribution in [2.75, 3.05) is 6.61 Å². The van der Waals surface area contributed by atoms with Crippen molar-refractivity contribution in [2.24, 2.45) is 11.8 Å². The second kappa shape index (κ2) is 5.96. The molecular weight excluding hydrogens is 248 g/mol. The first-order chi connectivity index (χ1) is 9.62. The summed E-state index contributed by atoms with van der Waals surface area (Å²) in [6.45, 7) is 3.22. The van der Waals surface area contributed by atoms with Gasteiger partial charge in [-0.15, -0.1) is 0 Å². The van der Waals surface area contributed by atoms with Crippen LogP contribution in [0.25, 0.3) is 0 Å². The zero-order valence-electron chi connectivity index (χ0n) is 13.2. The van der Waals surface area contributed by atoms with Gasteiger partial charge in [-0.3, -0.25) is 0 Å². The van der Waals surface area contributed by atoms with Crippen LogP contribution in [0, 0.1) is 11.8 Å². The van der Waals surface area contributed by atoms with Gasteiger partial charge in [-0.2, -0.15) is 0 Å². The fourth-order valence-electron chi connectivity index (χ4n) is 4.96. The number of ether oxygens (including phenoxy) is 1. The van der Waals surface area contributed by atoms with E-state index in [4.69, 9.17) is 4.74 Å². The van der Waals surface area contributed by atoms with E-state index in [0.29, 0.717) is 5.92 Å². The first-order valence-electron chi connectivity index (χ1n) is 8.98. The highest BCUT2D eigenvalue weighted by atomic mass is 16.5. The lowest BCUT2D eigenvalue weighted by Crippen LogP contribution is -2.49. The molecule has 3 fully saturated rings. The van der Waals surface area contributed by atoms with Crippen LogP contribution in [0.5, 0.6) is 0 Å². The van der Waals surface area contributed by atoms with E-state index in [1.807, 2.05) is 0 Å². The molecule has 0 aromatic rings. The second-order valence-electron chi connectivity index (χ2n) is 7.92. The van der Waals surface area contributed by atoms with Crippen molar-refractivity contribution in [1.82, 2.24) is 0 Å². The minimum atomic E-state index is -0.390. The van der Waals surface area contributed by atoms with Crippen LogP contribution < -0.4 is 0 Å². The number of hydrogen-bond donors (Lipinski definition) is 1. The van der Waals surface area contributed by atoms with Gasteiger partial charge in [0, 0.05) is 6.61 Å². The molecule has 2 heteroatoms. The second-order valence-corrected chi connectivity index (χ2v) is 7.92. The maximum atomic E-state index is 11.3. The maximum Gasteiger partial charge on any atom is 0.0686 e. The summed E-state index contributed by atoms with van der Waals surface area (Å²) in [6.07, 6.45) is 14.4. The van der Waals surface area contributed by atoms with Crippen molar-refractivity contribution < 1.29 is 9.84 Å². The molecule has 0 radical (unpaired) electrons. The molecule has 2 aliphatic carbocycles. The maximum absolute atomic E-state index is 11.3. The SMILES string of the molecule is CC1CCCC(O)(C2CCOC3(CCCCC3)C2)CC1. The molecule has 2 saturated carbocycles. The number of rotatable bonds is 1. The summed E-state index contributed by atoms with van der Waals surface area (Å²) in [5.41, 5.74) is -0.256. The van der Waals surface area contributed by atoms with Crippen LogP contribution in [0.2, 0.25) is 0 Å². The Bertz CT molecular complexity index is 316. The molecule has 1 aliphatic heterocycles.